The van der Waals surface area contributed by atoms with Crippen molar-refractivity contribution < 1.29 is 24.5 Å². The predicted octanol–water partition coefficient (Wildman–Crippen LogP) is 0.875. The second-order valence-corrected chi connectivity index (χ2v) is 4.66. The standard InChI is InChI=1S/C12H12ClNO5/c13-6-1-2-7(10(15)3-6)11(16)14-9-5-19-4-8(9)12(17)18/h1-3,8-9,15H,4-5H2,(H,14,16)(H,17,18). The highest BCUT2D eigenvalue weighted by molar-refractivity contribution is 6.30. The van der Waals surface area contributed by atoms with E-state index in [1.807, 2.05) is 0 Å². The third-order valence-electron chi connectivity index (χ3n) is 2.92. The summed E-state index contributed by atoms with van der Waals surface area (Å²) < 4.78 is 5.04. The number of hydrogen-bond acceptors (Lipinski definition) is 4. The van der Waals surface area contributed by atoms with E-state index in [-0.39, 0.29) is 24.5 Å². The molecule has 1 amide bonds. The Bertz CT molecular complexity index is 519. The average molecular weight is 286 g/mol. The molecule has 0 aromatic heterocycles. The summed E-state index contributed by atoms with van der Waals surface area (Å²) >= 11 is 5.67. The molecule has 2 rings (SSSR count). The van der Waals surface area contributed by atoms with Gasteiger partial charge < -0.3 is 20.3 Å². The minimum Gasteiger partial charge on any atom is -0.507 e. The molecule has 1 aliphatic heterocycles. The molecule has 2 atom stereocenters. The number of ether oxygens (including phenoxy) is 1. The Morgan fingerprint density at radius 1 is 1.37 bits per heavy atom. The average Bonchev–Trinajstić information content (AvgIpc) is 2.76. The number of halogens is 1. The molecule has 102 valence electrons. The Labute approximate surface area is 113 Å². The fourth-order valence-corrected chi connectivity index (χ4v) is 2.05. The molecule has 0 radical (unpaired) electrons. The van der Waals surface area contributed by atoms with E-state index in [1.165, 1.54) is 18.2 Å². The Morgan fingerprint density at radius 2 is 2.11 bits per heavy atom. The van der Waals surface area contributed by atoms with Crippen LogP contribution in [0.1, 0.15) is 10.4 Å². The van der Waals surface area contributed by atoms with Gasteiger partial charge in [-0.15, -0.1) is 0 Å². The Balaban J connectivity index is 2.10. The molecule has 1 heterocycles. The van der Waals surface area contributed by atoms with Crippen molar-refractivity contribution in [1.29, 1.82) is 0 Å². The summed E-state index contributed by atoms with van der Waals surface area (Å²) in [6.07, 6.45) is 0. The van der Waals surface area contributed by atoms with Crippen molar-refractivity contribution in [2.75, 3.05) is 13.2 Å². The van der Waals surface area contributed by atoms with Crippen LogP contribution in [-0.4, -0.2) is 41.3 Å². The first-order valence-electron chi connectivity index (χ1n) is 5.59. The molecule has 2 unspecified atom stereocenters. The van der Waals surface area contributed by atoms with Crippen LogP contribution in [-0.2, 0) is 9.53 Å². The van der Waals surface area contributed by atoms with Crippen molar-refractivity contribution in [2.24, 2.45) is 5.92 Å². The zero-order chi connectivity index (χ0) is 14.0. The number of nitrogens with one attached hydrogen (secondary N) is 1. The number of hydrogen-bond donors (Lipinski definition) is 3. The lowest BCUT2D eigenvalue weighted by molar-refractivity contribution is -0.142. The number of phenolic OH excluding ortho intramolecular Hbond substituents is 1. The van der Waals surface area contributed by atoms with Crippen molar-refractivity contribution >= 4 is 23.5 Å². The van der Waals surface area contributed by atoms with Gasteiger partial charge in [-0.3, -0.25) is 9.59 Å². The lowest BCUT2D eigenvalue weighted by Crippen LogP contribution is -2.42. The second kappa shape index (κ2) is 5.46. The Morgan fingerprint density at radius 3 is 2.74 bits per heavy atom. The van der Waals surface area contributed by atoms with Gasteiger partial charge in [-0.05, 0) is 18.2 Å². The molecule has 1 fully saturated rings. The maximum absolute atomic E-state index is 11.9. The van der Waals surface area contributed by atoms with Crippen molar-refractivity contribution in [3.8, 4) is 5.75 Å². The third-order valence-corrected chi connectivity index (χ3v) is 3.15. The van der Waals surface area contributed by atoms with Gasteiger partial charge in [0.25, 0.3) is 5.91 Å². The molecular weight excluding hydrogens is 274 g/mol. The van der Waals surface area contributed by atoms with Crippen LogP contribution < -0.4 is 5.32 Å². The number of carbonyl (C=O) groups excluding carboxylic acids is 1. The van der Waals surface area contributed by atoms with Gasteiger partial charge in [-0.25, -0.2) is 0 Å². The quantitative estimate of drug-likeness (QED) is 0.766. The topological polar surface area (TPSA) is 95.9 Å². The smallest absolute Gasteiger partial charge is 0.311 e. The van der Waals surface area contributed by atoms with E-state index >= 15 is 0 Å². The number of carbonyl (C=O) groups is 2. The molecule has 1 aromatic carbocycles. The van der Waals surface area contributed by atoms with Crippen LogP contribution in [0.3, 0.4) is 0 Å². The Kier molecular flexibility index (Phi) is 3.92. The summed E-state index contributed by atoms with van der Waals surface area (Å²) in [4.78, 5) is 22.9. The number of amides is 1. The summed E-state index contributed by atoms with van der Waals surface area (Å²) in [7, 11) is 0. The zero-order valence-electron chi connectivity index (χ0n) is 9.80. The van der Waals surface area contributed by atoms with E-state index in [4.69, 9.17) is 21.4 Å². The van der Waals surface area contributed by atoms with Crippen LogP contribution in [0.5, 0.6) is 5.75 Å². The first-order valence-corrected chi connectivity index (χ1v) is 5.96. The molecule has 1 aliphatic rings. The van der Waals surface area contributed by atoms with Crippen molar-refractivity contribution in [2.45, 2.75) is 6.04 Å². The zero-order valence-corrected chi connectivity index (χ0v) is 10.6. The summed E-state index contributed by atoms with van der Waals surface area (Å²) in [6, 6.07) is 3.48. The normalized spacial score (nSPS) is 22.2. The van der Waals surface area contributed by atoms with Crippen LogP contribution in [0.4, 0.5) is 0 Å². The van der Waals surface area contributed by atoms with E-state index in [1.54, 1.807) is 0 Å². The maximum atomic E-state index is 11.9. The highest BCUT2D eigenvalue weighted by Gasteiger charge is 2.35. The number of aromatic hydroxyl groups is 1. The van der Waals surface area contributed by atoms with Gasteiger partial charge in [-0.2, -0.15) is 0 Å². The molecule has 0 saturated carbocycles. The maximum Gasteiger partial charge on any atom is 0.311 e. The minimum absolute atomic E-state index is 0.0421. The number of aliphatic carboxylic acids is 1. The summed E-state index contributed by atoms with van der Waals surface area (Å²) in [6.45, 7) is 0.198. The lowest BCUT2D eigenvalue weighted by atomic mass is 10.0. The van der Waals surface area contributed by atoms with Crippen LogP contribution in [0.15, 0.2) is 18.2 Å². The number of benzene rings is 1. The molecule has 0 spiro atoms. The SMILES string of the molecule is O=C(NC1COCC1C(=O)O)c1ccc(Cl)cc1O. The second-order valence-electron chi connectivity index (χ2n) is 4.22. The monoisotopic (exact) mass is 285 g/mol. The van der Waals surface area contributed by atoms with Gasteiger partial charge in [-0.1, -0.05) is 11.6 Å². The summed E-state index contributed by atoms with van der Waals surface area (Å²) in [5.74, 6) is -2.62. The highest BCUT2D eigenvalue weighted by atomic mass is 35.5. The predicted molar refractivity (Wildman–Crippen MR) is 66.3 cm³/mol. The number of rotatable bonds is 3. The first-order chi connectivity index (χ1) is 8.99. The molecule has 19 heavy (non-hydrogen) atoms. The van der Waals surface area contributed by atoms with Gasteiger partial charge in [0.1, 0.15) is 11.7 Å². The van der Waals surface area contributed by atoms with Gasteiger partial charge >= 0.3 is 5.97 Å². The molecule has 1 aromatic rings. The van der Waals surface area contributed by atoms with Gasteiger partial charge in [0.2, 0.25) is 0 Å². The fraction of sp³-hybridized carbons (Fsp3) is 0.333. The van der Waals surface area contributed by atoms with Crippen LogP contribution in [0, 0.1) is 5.92 Å². The third kappa shape index (κ3) is 2.97. The van der Waals surface area contributed by atoms with Crippen LogP contribution in [0.25, 0.3) is 0 Å². The van der Waals surface area contributed by atoms with E-state index < -0.39 is 23.8 Å². The lowest BCUT2D eigenvalue weighted by Gasteiger charge is -2.16. The van der Waals surface area contributed by atoms with E-state index in [0.29, 0.717) is 5.02 Å². The molecule has 6 nitrogen and oxygen atoms in total. The number of carboxylic acid groups (broad SMARTS) is 1. The van der Waals surface area contributed by atoms with Crippen LogP contribution >= 0.6 is 11.6 Å². The van der Waals surface area contributed by atoms with Crippen LogP contribution in [0.2, 0.25) is 5.02 Å². The van der Waals surface area contributed by atoms with Gasteiger partial charge in [0.15, 0.2) is 0 Å². The largest absolute Gasteiger partial charge is 0.507 e. The first kappa shape index (κ1) is 13.6. The fourth-order valence-electron chi connectivity index (χ4n) is 1.88. The molecule has 0 aliphatic carbocycles. The van der Waals surface area contributed by atoms with E-state index in [0.717, 1.165) is 0 Å². The Hall–Kier alpha value is -1.79. The minimum atomic E-state index is -1.02. The summed E-state index contributed by atoms with van der Waals surface area (Å²) in [5.41, 5.74) is 0.0421. The van der Waals surface area contributed by atoms with E-state index in [2.05, 4.69) is 5.32 Å². The molecule has 7 heteroatoms. The van der Waals surface area contributed by atoms with Gasteiger partial charge in [0, 0.05) is 5.02 Å². The number of carboxylic acids is 1. The molecule has 3 N–H and O–H groups in total. The van der Waals surface area contributed by atoms with E-state index in [9.17, 15) is 14.7 Å². The summed E-state index contributed by atoms with van der Waals surface area (Å²) in [5, 5.41) is 21.4. The van der Waals surface area contributed by atoms with Crippen molar-refractivity contribution in [3.05, 3.63) is 28.8 Å². The van der Waals surface area contributed by atoms with Gasteiger partial charge in [0.05, 0.1) is 24.8 Å². The molecule has 0 bridgehead atoms. The highest BCUT2D eigenvalue weighted by Crippen LogP contribution is 2.22. The molecule has 1 saturated heterocycles. The number of phenols is 1. The molecular formula is C12H12ClNO5. The van der Waals surface area contributed by atoms with Crippen molar-refractivity contribution in [1.82, 2.24) is 5.32 Å². The van der Waals surface area contributed by atoms with Crippen molar-refractivity contribution in [3.63, 3.8) is 0 Å².